The van der Waals surface area contributed by atoms with Crippen LogP contribution in [0.5, 0.6) is 11.5 Å². The van der Waals surface area contributed by atoms with Crippen molar-refractivity contribution in [2.75, 3.05) is 20.4 Å². The van der Waals surface area contributed by atoms with Crippen LogP contribution in [0.1, 0.15) is 39.9 Å². The number of nitrogens with zero attached hydrogens (tertiary/aromatic N) is 2. The summed E-state index contributed by atoms with van der Waals surface area (Å²) in [4.78, 5) is 41.5. The van der Waals surface area contributed by atoms with Crippen LogP contribution in [0.15, 0.2) is 109 Å². The lowest BCUT2D eigenvalue weighted by molar-refractivity contribution is -0.209. The molecule has 0 N–H and O–H groups in total. The molecule has 4 aromatic carbocycles. The fourth-order valence-corrected chi connectivity index (χ4v) is 5.47. The molecule has 4 aromatic rings. The second kappa shape index (κ2) is 15.6. The van der Waals surface area contributed by atoms with E-state index in [1.165, 1.54) is 24.3 Å². The zero-order chi connectivity index (χ0) is 33.2. The molecule has 9 nitrogen and oxygen atoms in total. The summed E-state index contributed by atoms with van der Waals surface area (Å²) in [7, 11) is 1.28. The number of hydrogen-bond donors (Lipinski definition) is 0. The van der Waals surface area contributed by atoms with E-state index in [9.17, 15) is 14.4 Å². The third-order valence-corrected chi connectivity index (χ3v) is 7.85. The maximum atomic E-state index is 17.9. The summed E-state index contributed by atoms with van der Waals surface area (Å²) in [6.45, 7) is 1.13. The van der Waals surface area contributed by atoms with Gasteiger partial charge in [0.25, 0.3) is 0 Å². The Morgan fingerprint density at radius 3 is 2.15 bits per heavy atom. The topological polar surface area (TPSA) is 94.6 Å². The molecule has 0 bridgehead atoms. The molecule has 2 atom stereocenters. The Bertz CT molecular complexity index is 1660. The molecule has 1 heterocycles. The van der Waals surface area contributed by atoms with Crippen LogP contribution in [0.4, 0.5) is 4.39 Å². The Balaban J connectivity index is 1.51. The molecule has 10 heteroatoms. The van der Waals surface area contributed by atoms with Gasteiger partial charge in [0.05, 0.1) is 0 Å². The number of carbonyl (C=O) groups excluding carboxylic acids is 3. The SMILES string of the molecule is COCOC(=O)C(F)(C(=O)c1ccc(Oc2ccccc2)c(C)c1)N(Cc1ccccc1)N1CCCC1C(=O)OCc1ccccc1. The number of carbonyl (C=O) groups is 3. The Morgan fingerprint density at radius 2 is 1.51 bits per heavy atom. The number of hydrazine groups is 1. The highest BCUT2D eigenvalue weighted by atomic mass is 19.1. The third-order valence-electron chi connectivity index (χ3n) is 7.85. The maximum absolute atomic E-state index is 17.9. The van der Waals surface area contributed by atoms with Crippen molar-refractivity contribution < 1.29 is 37.7 Å². The largest absolute Gasteiger partial charge is 0.460 e. The summed E-state index contributed by atoms with van der Waals surface area (Å²) < 4.78 is 39.5. The number of alkyl halides is 1. The van der Waals surface area contributed by atoms with Crippen molar-refractivity contribution in [2.45, 2.75) is 44.8 Å². The highest BCUT2D eigenvalue weighted by Crippen LogP contribution is 2.35. The molecule has 0 spiro atoms. The monoisotopic (exact) mass is 640 g/mol. The summed E-state index contributed by atoms with van der Waals surface area (Å²) in [5, 5.41) is 2.43. The lowest BCUT2D eigenvalue weighted by atomic mass is 9.98. The second-order valence-corrected chi connectivity index (χ2v) is 11.1. The third kappa shape index (κ3) is 7.91. The fraction of sp³-hybridized carbons (Fsp3) is 0.270. The van der Waals surface area contributed by atoms with Crippen LogP contribution in [-0.2, 0) is 37.0 Å². The number of methoxy groups -OCH3 is 1. The Hall–Kier alpha value is -4.90. The average Bonchev–Trinajstić information content (AvgIpc) is 3.60. The van der Waals surface area contributed by atoms with Crippen LogP contribution in [0, 0.1) is 6.92 Å². The number of para-hydroxylation sites is 1. The van der Waals surface area contributed by atoms with E-state index in [4.69, 9.17) is 18.9 Å². The Labute approximate surface area is 273 Å². The van der Waals surface area contributed by atoms with Gasteiger partial charge in [0.15, 0.2) is 6.79 Å². The highest BCUT2D eigenvalue weighted by Gasteiger charge is 2.58. The molecule has 0 aromatic heterocycles. The summed E-state index contributed by atoms with van der Waals surface area (Å²) in [6.07, 6.45) is 0.833. The zero-order valence-electron chi connectivity index (χ0n) is 26.3. The molecule has 0 radical (unpaired) electrons. The summed E-state index contributed by atoms with van der Waals surface area (Å²) in [6, 6.07) is 30.6. The van der Waals surface area contributed by atoms with Gasteiger partial charge in [0.2, 0.25) is 5.78 Å². The van der Waals surface area contributed by atoms with Crippen molar-refractivity contribution in [1.82, 2.24) is 10.0 Å². The zero-order valence-corrected chi connectivity index (χ0v) is 26.3. The number of rotatable bonds is 14. The molecule has 1 aliphatic heterocycles. The normalized spacial score (nSPS) is 16.0. The number of halogens is 1. The second-order valence-electron chi connectivity index (χ2n) is 11.1. The van der Waals surface area contributed by atoms with Gasteiger partial charge < -0.3 is 18.9 Å². The van der Waals surface area contributed by atoms with Crippen LogP contribution < -0.4 is 4.74 Å². The van der Waals surface area contributed by atoms with E-state index in [-0.39, 0.29) is 25.3 Å². The van der Waals surface area contributed by atoms with Gasteiger partial charge in [-0.3, -0.25) is 9.59 Å². The molecule has 2 unspecified atom stereocenters. The van der Waals surface area contributed by atoms with Crippen molar-refractivity contribution in [3.63, 3.8) is 0 Å². The summed E-state index contributed by atoms with van der Waals surface area (Å²) in [5.74, 6) is -5.56. The Morgan fingerprint density at radius 1 is 0.872 bits per heavy atom. The van der Waals surface area contributed by atoms with Crippen molar-refractivity contribution in [3.8, 4) is 11.5 Å². The minimum Gasteiger partial charge on any atom is -0.460 e. The van der Waals surface area contributed by atoms with E-state index < -0.39 is 36.3 Å². The van der Waals surface area contributed by atoms with Gasteiger partial charge >= 0.3 is 17.7 Å². The first-order chi connectivity index (χ1) is 22.8. The number of esters is 2. The summed E-state index contributed by atoms with van der Waals surface area (Å²) in [5.41, 5.74) is 1.86. The molecule has 5 rings (SSSR count). The number of hydrogen-bond acceptors (Lipinski definition) is 9. The van der Waals surface area contributed by atoms with Crippen LogP contribution in [0.3, 0.4) is 0 Å². The minimum absolute atomic E-state index is 0.0228. The molecule has 0 saturated carbocycles. The van der Waals surface area contributed by atoms with E-state index in [1.54, 1.807) is 55.5 Å². The standard InChI is InChI=1S/C37H37FN2O7/c1-27-23-30(20-21-33(27)47-31-17-10-5-11-18-31)34(41)37(38,36(43)46-26-44-2)40(24-28-13-6-3-7-14-28)39-22-12-19-32(39)35(42)45-25-29-15-8-4-9-16-29/h3-11,13-18,20-21,23,32H,12,19,22,24-26H2,1-2H3. The fourth-order valence-electron chi connectivity index (χ4n) is 5.47. The van der Waals surface area contributed by atoms with Gasteiger partial charge in [0, 0.05) is 25.8 Å². The van der Waals surface area contributed by atoms with Crippen LogP contribution in [0.25, 0.3) is 0 Å². The van der Waals surface area contributed by atoms with E-state index in [0.29, 0.717) is 35.5 Å². The lowest BCUT2D eigenvalue weighted by Gasteiger charge is -2.42. The number of benzene rings is 4. The van der Waals surface area contributed by atoms with Gasteiger partial charge in [0.1, 0.15) is 24.1 Å². The summed E-state index contributed by atoms with van der Waals surface area (Å²) >= 11 is 0. The van der Waals surface area contributed by atoms with Gasteiger partial charge in [-0.15, -0.1) is 0 Å². The predicted octanol–water partition coefficient (Wildman–Crippen LogP) is 6.41. The number of ether oxygens (including phenoxy) is 4. The van der Waals surface area contributed by atoms with Crippen LogP contribution in [0.2, 0.25) is 0 Å². The number of Topliss-reactive ketones (excluding diaryl/α,β-unsaturated/α-hetero) is 1. The minimum atomic E-state index is -3.38. The van der Waals surface area contributed by atoms with Crippen molar-refractivity contribution in [3.05, 3.63) is 131 Å². The van der Waals surface area contributed by atoms with Gasteiger partial charge in [-0.1, -0.05) is 78.9 Å². The first-order valence-corrected chi connectivity index (χ1v) is 15.3. The molecule has 1 saturated heterocycles. The van der Waals surface area contributed by atoms with Crippen LogP contribution >= 0.6 is 0 Å². The maximum Gasteiger partial charge on any atom is 0.371 e. The van der Waals surface area contributed by atoms with Crippen molar-refractivity contribution >= 4 is 17.7 Å². The van der Waals surface area contributed by atoms with Gasteiger partial charge in [-0.2, -0.15) is 5.01 Å². The molecule has 1 fully saturated rings. The van der Waals surface area contributed by atoms with Gasteiger partial charge in [-0.25, -0.2) is 14.2 Å². The van der Waals surface area contributed by atoms with E-state index in [1.807, 2.05) is 48.5 Å². The van der Waals surface area contributed by atoms with Gasteiger partial charge in [-0.05, 0) is 66.8 Å². The molecule has 0 aliphatic carbocycles. The molecular weight excluding hydrogens is 603 g/mol. The predicted molar refractivity (Wildman–Crippen MR) is 172 cm³/mol. The quantitative estimate of drug-likeness (QED) is 0.0510. The lowest BCUT2D eigenvalue weighted by Crippen LogP contribution is -2.65. The number of aryl methyl sites for hydroxylation is 1. The first kappa shape index (κ1) is 33.5. The molecule has 244 valence electrons. The highest BCUT2D eigenvalue weighted by molar-refractivity contribution is 6.15. The molecule has 1 aliphatic rings. The van der Waals surface area contributed by atoms with Crippen LogP contribution in [-0.4, -0.2) is 60.0 Å². The first-order valence-electron chi connectivity index (χ1n) is 15.3. The van der Waals surface area contributed by atoms with E-state index in [0.717, 1.165) is 10.6 Å². The number of ketones is 1. The smallest absolute Gasteiger partial charge is 0.371 e. The van der Waals surface area contributed by atoms with E-state index >= 15 is 4.39 Å². The van der Waals surface area contributed by atoms with Crippen molar-refractivity contribution in [1.29, 1.82) is 0 Å². The average molecular weight is 641 g/mol. The Kier molecular flexibility index (Phi) is 11.1. The molecule has 0 amide bonds. The molecule has 47 heavy (non-hydrogen) atoms. The van der Waals surface area contributed by atoms with Crippen molar-refractivity contribution in [2.24, 2.45) is 0 Å². The van der Waals surface area contributed by atoms with E-state index in [2.05, 4.69) is 0 Å². The molecular formula is C37H37FN2O7.